The van der Waals surface area contributed by atoms with Gasteiger partial charge in [0.05, 0.1) is 22.7 Å². The van der Waals surface area contributed by atoms with E-state index in [0.717, 1.165) is 24.2 Å². The third-order valence-electron chi connectivity index (χ3n) is 6.45. The molecule has 6 nitrogen and oxygen atoms in total. The van der Waals surface area contributed by atoms with Crippen LogP contribution in [0.2, 0.25) is 0 Å². The summed E-state index contributed by atoms with van der Waals surface area (Å²) >= 11 is 0. The molecule has 1 aliphatic heterocycles. The van der Waals surface area contributed by atoms with Crippen LogP contribution in [0.15, 0.2) is 48.5 Å². The van der Waals surface area contributed by atoms with E-state index in [0.29, 0.717) is 34.3 Å². The number of fused-ring (bicyclic) bond motifs is 3. The average Bonchev–Trinajstić information content (AvgIpc) is 3.35. The minimum absolute atomic E-state index is 0. The Hall–Kier alpha value is -2.70. The summed E-state index contributed by atoms with van der Waals surface area (Å²) in [6.07, 6.45) is 3.21. The van der Waals surface area contributed by atoms with Gasteiger partial charge in [0, 0.05) is 11.7 Å². The molecule has 2 aromatic carbocycles. The smallest absolute Gasteiger partial charge is 0.266 e. The zero-order valence-corrected chi connectivity index (χ0v) is 16.5. The van der Waals surface area contributed by atoms with Crippen LogP contribution in [0.1, 0.15) is 40.0 Å². The highest BCUT2D eigenvalue weighted by Crippen LogP contribution is 2.48. The van der Waals surface area contributed by atoms with Gasteiger partial charge in [0.1, 0.15) is 0 Å². The zero-order valence-electron chi connectivity index (χ0n) is 15.7. The average molecular weight is 412 g/mol. The van der Waals surface area contributed by atoms with Crippen molar-refractivity contribution in [3.63, 3.8) is 0 Å². The van der Waals surface area contributed by atoms with Crippen LogP contribution < -0.4 is 16.0 Å². The van der Waals surface area contributed by atoms with Crippen molar-refractivity contribution in [2.45, 2.75) is 25.3 Å². The molecule has 2 aliphatic carbocycles. The van der Waals surface area contributed by atoms with Gasteiger partial charge in [-0.3, -0.25) is 14.4 Å². The van der Waals surface area contributed by atoms with Crippen LogP contribution in [-0.2, 0) is 4.79 Å². The largest absolute Gasteiger partial charge is 0.327 e. The molecule has 3 amide bonds. The molecule has 0 radical (unpaired) electrons. The van der Waals surface area contributed by atoms with Gasteiger partial charge in [-0.25, -0.2) is 4.90 Å². The fourth-order valence-corrected chi connectivity index (χ4v) is 5.10. The van der Waals surface area contributed by atoms with E-state index in [1.807, 2.05) is 0 Å². The Labute approximate surface area is 174 Å². The number of hydrogen-bond acceptors (Lipinski definition) is 4. The van der Waals surface area contributed by atoms with E-state index in [-0.39, 0.29) is 42.1 Å². The highest BCUT2D eigenvalue weighted by Gasteiger charge is 2.49. The highest BCUT2D eigenvalue weighted by molar-refractivity contribution is 6.34. The molecule has 7 heteroatoms. The lowest BCUT2D eigenvalue weighted by atomic mass is 9.84. The predicted octanol–water partition coefficient (Wildman–Crippen LogP) is 3.22. The van der Waals surface area contributed by atoms with Gasteiger partial charge >= 0.3 is 0 Å². The van der Waals surface area contributed by atoms with Gasteiger partial charge in [-0.2, -0.15) is 0 Å². The van der Waals surface area contributed by atoms with E-state index in [1.54, 1.807) is 48.5 Å². The van der Waals surface area contributed by atoms with Gasteiger partial charge in [-0.05, 0) is 61.4 Å². The Morgan fingerprint density at radius 2 is 1.62 bits per heavy atom. The van der Waals surface area contributed by atoms with E-state index >= 15 is 0 Å². The van der Waals surface area contributed by atoms with Gasteiger partial charge in [-0.15, -0.1) is 12.4 Å². The molecule has 2 bridgehead atoms. The summed E-state index contributed by atoms with van der Waals surface area (Å²) in [4.78, 5) is 39.3. The van der Waals surface area contributed by atoms with Crippen LogP contribution in [0.4, 0.5) is 11.4 Å². The molecule has 3 aliphatic rings. The van der Waals surface area contributed by atoms with Gasteiger partial charge in [0.2, 0.25) is 5.91 Å². The fourth-order valence-electron chi connectivity index (χ4n) is 5.10. The lowest BCUT2D eigenvalue weighted by Crippen LogP contribution is -2.42. The van der Waals surface area contributed by atoms with Gasteiger partial charge in [0.15, 0.2) is 0 Å². The van der Waals surface area contributed by atoms with Crippen molar-refractivity contribution in [2.75, 3.05) is 10.2 Å². The minimum Gasteiger partial charge on any atom is -0.327 e. The fraction of sp³-hybridized carbons (Fsp3) is 0.318. The molecule has 4 atom stereocenters. The quantitative estimate of drug-likeness (QED) is 0.758. The normalized spacial score (nSPS) is 27.0. The minimum atomic E-state index is -0.348. The second-order valence-electron chi connectivity index (χ2n) is 7.97. The van der Waals surface area contributed by atoms with Crippen molar-refractivity contribution in [2.24, 2.45) is 23.5 Å². The first-order valence-corrected chi connectivity index (χ1v) is 9.69. The standard InChI is InChI=1S/C22H21N3O3.ClH/c23-19-13-9-8-12(10-13)18(19)20(26)24-14-4-3-5-15(11-14)25-21(27)16-6-1-2-7-17(16)22(25)28;/h1-7,11-13,18-19H,8-10,23H2,(H,24,26);1H. The lowest BCUT2D eigenvalue weighted by Gasteiger charge is -2.27. The Morgan fingerprint density at radius 1 is 0.966 bits per heavy atom. The lowest BCUT2D eigenvalue weighted by molar-refractivity contribution is -0.121. The number of carbonyl (C=O) groups is 3. The molecular formula is C22H22ClN3O3. The van der Waals surface area contributed by atoms with Crippen LogP contribution in [0.25, 0.3) is 0 Å². The Balaban J connectivity index is 0.00000205. The molecule has 5 rings (SSSR count). The Morgan fingerprint density at radius 3 is 2.24 bits per heavy atom. The Bertz CT molecular complexity index is 971. The number of hydrogen-bond donors (Lipinski definition) is 2. The van der Waals surface area contributed by atoms with E-state index in [9.17, 15) is 14.4 Å². The molecule has 3 N–H and O–H groups in total. The summed E-state index contributed by atoms with van der Waals surface area (Å²) < 4.78 is 0. The Kier molecular flexibility index (Phi) is 4.92. The summed E-state index contributed by atoms with van der Waals surface area (Å²) in [5.74, 6) is -0.121. The number of nitrogens with one attached hydrogen (secondary N) is 1. The number of nitrogens with zero attached hydrogens (tertiary/aromatic N) is 1. The van der Waals surface area contributed by atoms with E-state index in [1.165, 1.54) is 0 Å². The number of amides is 3. The van der Waals surface area contributed by atoms with Gasteiger partial charge in [0.25, 0.3) is 11.8 Å². The maximum absolute atomic E-state index is 12.8. The summed E-state index contributed by atoms with van der Waals surface area (Å²) in [5.41, 5.74) is 8.08. The molecule has 2 aromatic rings. The van der Waals surface area contributed by atoms with E-state index < -0.39 is 0 Å². The summed E-state index contributed by atoms with van der Waals surface area (Å²) in [5, 5.41) is 2.95. The number of carbonyl (C=O) groups excluding carboxylic acids is 3. The maximum atomic E-state index is 12.8. The molecule has 29 heavy (non-hydrogen) atoms. The predicted molar refractivity (Wildman–Crippen MR) is 112 cm³/mol. The number of halogens is 1. The SMILES string of the molecule is Cl.NC1C2CCC(C2)C1C(=O)Nc1cccc(N2C(=O)c3ccccc3C2=O)c1. The third-order valence-corrected chi connectivity index (χ3v) is 6.45. The highest BCUT2D eigenvalue weighted by atomic mass is 35.5. The van der Waals surface area contributed by atoms with Crippen LogP contribution in [0, 0.1) is 17.8 Å². The van der Waals surface area contributed by atoms with Crippen LogP contribution >= 0.6 is 12.4 Å². The molecular weight excluding hydrogens is 390 g/mol. The second kappa shape index (κ2) is 7.28. The summed E-state index contributed by atoms with van der Waals surface area (Å²) in [6.45, 7) is 0. The van der Waals surface area contributed by atoms with Crippen LogP contribution in [-0.4, -0.2) is 23.8 Å². The van der Waals surface area contributed by atoms with Crippen molar-refractivity contribution in [1.29, 1.82) is 0 Å². The number of rotatable bonds is 3. The number of imide groups is 1. The topological polar surface area (TPSA) is 92.5 Å². The van der Waals surface area contributed by atoms with Crippen molar-refractivity contribution < 1.29 is 14.4 Å². The van der Waals surface area contributed by atoms with Crippen LogP contribution in [0.3, 0.4) is 0 Å². The van der Waals surface area contributed by atoms with Gasteiger partial charge < -0.3 is 11.1 Å². The van der Waals surface area contributed by atoms with Crippen molar-refractivity contribution in [3.05, 3.63) is 59.7 Å². The maximum Gasteiger partial charge on any atom is 0.266 e. The second-order valence-corrected chi connectivity index (χ2v) is 7.97. The van der Waals surface area contributed by atoms with Crippen molar-refractivity contribution in [3.8, 4) is 0 Å². The zero-order chi connectivity index (χ0) is 19.4. The molecule has 0 aromatic heterocycles. The van der Waals surface area contributed by atoms with E-state index in [2.05, 4.69) is 5.32 Å². The summed E-state index contributed by atoms with van der Waals surface area (Å²) in [7, 11) is 0. The first kappa shape index (κ1) is 19.6. The summed E-state index contributed by atoms with van der Waals surface area (Å²) in [6, 6.07) is 13.5. The number of benzene rings is 2. The molecule has 150 valence electrons. The first-order valence-electron chi connectivity index (χ1n) is 9.69. The van der Waals surface area contributed by atoms with Crippen molar-refractivity contribution in [1.82, 2.24) is 0 Å². The monoisotopic (exact) mass is 411 g/mol. The third kappa shape index (κ3) is 3.03. The van der Waals surface area contributed by atoms with Crippen LogP contribution in [0.5, 0.6) is 0 Å². The molecule has 1 heterocycles. The first-order chi connectivity index (χ1) is 13.5. The number of nitrogens with two attached hydrogens (primary N) is 1. The number of anilines is 2. The molecule has 2 saturated carbocycles. The van der Waals surface area contributed by atoms with Gasteiger partial charge in [-0.1, -0.05) is 18.2 Å². The molecule has 2 fully saturated rings. The molecule has 4 unspecified atom stereocenters. The van der Waals surface area contributed by atoms with E-state index in [4.69, 9.17) is 5.73 Å². The molecule has 0 saturated heterocycles. The van der Waals surface area contributed by atoms with Crippen molar-refractivity contribution >= 4 is 41.5 Å². The molecule has 0 spiro atoms.